The molecule has 30 heavy (non-hydrogen) atoms. The van der Waals surface area contributed by atoms with Crippen molar-refractivity contribution >= 4 is 0 Å². The van der Waals surface area contributed by atoms with Gasteiger partial charge in [0.05, 0.1) is 19.8 Å². The van der Waals surface area contributed by atoms with E-state index in [-0.39, 0.29) is 0 Å². The van der Waals surface area contributed by atoms with E-state index in [0.717, 1.165) is 51.5 Å². The molecule has 0 heterocycles. The molecule has 0 aliphatic heterocycles. The van der Waals surface area contributed by atoms with Crippen molar-refractivity contribution in [3.8, 4) is 39.5 Å². The van der Waals surface area contributed by atoms with Crippen LogP contribution in [-0.2, 0) is 6.42 Å². The van der Waals surface area contributed by atoms with E-state index in [9.17, 15) is 0 Å². The van der Waals surface area contributed by atoms with Gasteiger partial charge in [-0.1, -0.05) is 42.5 Å². The normalized spacial score (nSPS) is 10.5. The molecule has 0 unspecified atom stereocenters. The fraction of sp³-hybridized carbons (Fsp3) is 0.259. The molecule has 0 N–H and O–H groups in total. The lowest BCUT2D eigenvalue weighted by Gasteiger charge is -2.19. The molecule has 3 rings (SSSR count). The smallest absolute Gasteiger partial charge is 0.131 e. The van der Waals surface area contributed by atoms with Crippen molar-refractivity contribution in [1.82, 2.24) is 0 Å². The summed E-state index contributed by atoms with van der Waals surface area (Å²) in [4.78, 5) is 0. The first-order valence-electron chi connectivity index (χ1n) is 10.6. The summed E-state index contributed by atoms with van der Waals surface area (Å²) in [6, 6.07) is 20.7. The van der Waals surface area contributed by atoms with Crippen molar-refractivity contribution in [1.29, 1.82) is 0 Å². The van der Waals surface area contributed by atoms with E-state index >= 15 is 0 Å². The van der Waals surface area contributed by atoms with Crippen molar-refractivity contribution in [2.45, 2.75) is 27.2 Å². The Labute approximate surface area is 179 Å². The van der Waals surface area contributed by atoms with Crippen LogP contribution in [0.5, 0.6) is 17.2 Å². The average molecular weight is 403 g/mol. The molecule has 3 heteroatoms. The maximum atomic E-state index is 6.17. The van der Waals surface area contributed by atoms with Gasteiger partial charge < -0.3 is 14.2 Å². The van der Waals surface area contributed by atoms with Crippen LogP contribution in [0.25, 0.3) is 22.3 Å². The van der Waals surface area contributed by atoms with Crippen molar-refractivity contribution in [3.05, 3.63) is 78.9 Å². The van der Waals surface area contributed by atoms with Crippen LogP contribution >= 0.6 is 0 Å². The first-order valence-corrected chi connectivity index (χ1v) is 10.6. The molecule has 0 aliphatic rings. The highest BCUT2D eigenvalue weighted by atomic mass is 16.5. The van der Waals surface area contributed by atoms with Gasteiger partial charge in [-0.15, -0.1) is 6.58 Å². The predicted octanol–water partition coefficient (Wildman–Crippen LogP) is 6.95. The molecule has 0 radical (unpaired) electrons. The number of ether oxygens (including phenoxy) is 3. The van der Waals surface area contributed by atoms with Crippen LogP contribution < -0.4 is 14.2 Å². The third kappa shape index (κ3) is 4.85. The molecule has 0 aromatic heterocycles. The topological polar surface area (TPSA) is 27.7 Å². The Morgan fingerprint density at radius 2 is 1.20 bits per heavy atom. The lowest BCUT2D eigenvalue weighted by molar-refractivity contribution is 0.338. The molecule has 0 amide bonds. The third-order valence-electron chi connectivity index (χ3n) is 4.82. The zero-order valence-corrected chi connectivity index (χ0v) is 18.1. The van der Waals surface area contributed by atoms with Gasteiger partial charge in [-0.2, -0.15) is 0 Å². The van der Waals surface area contributed by atoms with E-state index < -0.39 is 0 Å². The number of hydrogen-bond acceptors (Lipinski definition) is 3. The summed E-state index contributed by atoms with van der Waals surface area (Å²) in [5.41, 5.74) is 5.55. The SMILES string of the molecule is C=CCc1ccc(-c2ccc(OCC)cc2)c(-c2ccc(OCC)cc2)c1OCC. The molecular formula is C27H30O3. The second-order valence-corrected chi connectivity index (χ2v) is 6.82. The summed E-state index contributed by atoms with van der Waals surface area (Å²) in [5.74, 6) is 2.65. The molecule has 3 nitrogen and oxygen atoms in total. The van der Waals surface area contributed by atoms with Crippen LogP contribution in [0.15, 0.2) is 73.3 Å². The lowest BCUT2D eigenvalue weighted by Crippen LogP contribution is -2.01. The molecule has 0 fully saturated rings. The number of allylic oxidation sites excluding steroid dienone is 1. The van der Waals surface area contributed by atoms with Gasteiger partial charge in [0.1, 0.15) is 17.2 Å². The predicted molar refractivity (Wildman–Crippen MR) is 125 cm³/mol. The third-order valence-corrected chi connectivity index (χ3v) is 4.82. The first-order chi connectivity index (χ1) is 14.7. The molecule has 3 aromatic carbocycles. The van der Waals surface area contributed by atoms with Gasteiger partial charge in [0, 0.05) is 5.56 Å². The number of benzene rings is 3. The van der Waals surface area contributed by atoms with Crippen LogP contribution in [0.1, 0.15) is 26.3 Å². The van der Waals surface area contributed by atoms with Crippen molar-refractivity contribution in [3.63, 3.8) is 0 Å². The second-order valence-electron chi connectivity index (χ2n) is 6.82. The molecule has 0 aliphatic carbocycles. The highest BCUT2D eigenvalue weighted by Crippen LogP contribution is 2.42. The second kappa shape index (κ2) is 10.5. The van der Waals surface area contributed by atoms with Gasteiger partial charge in [-0.25, -0.2) is 0 Å². The summed E-state index contributed by atoms with van der Waals surface area (Å²) in [5, 5.41) is 0. The Bertz CT molecular complexity index is 957. The summed E-state index contributed by atoms with van der Waals surface area (Å²) < 4.78 is 17.4. The Hall–Kier alpha value is -3.20. The van der Waals surface area contributed by atoms with Crippen molar-refractivity contribution < 1.29 is 14.2 Å². The standard InChI is InChI=1S/C27H30O3/c1-5-9-22-14-19-25(20-10-15-23(16-11-20)28-6-2)26(27(22)30-8-4)21-12-17-24(18-13-21)29-7-3/h5,10-19H,1,6-9H2,2-4H3. The Morgan fingerprint density at radius 3 is 1.70 bits per heavy atom. The average Bonchev–Trinajstić information content (AvgIpc) is 2.77. The highest BCUT2D eigenvalue weighted by molar-refractivity contribution is 5.89. The van der Waals surface area contributed by atoms with E-state index in [1.54, 1.807) is 0 Å². The van der Waals surface area contributed by atoms with Gasteiger partial charge >= 0.3 is 0 Å². The quantitative estimate of drug-likeness (QED) is 0.344. The number of rotatable bonds is 10. The highest BCUT2D eigenvalue weighted by Gasteiger charge is 2.17. The van der Waals surface area contributed by atoms with E-state index in [2.05, 4.69) is 43.0 Å². The van der Waals surface area contributed by atoms with Crippen molar-refractivity contribution in [2.24, 2.45) is 0 Å². The molecule has 0 saturated carbocycles. The minimum atomic E-state index is 0.598. The van der Waals surface area contributed by atoms with E-state index in [1.807, 2.05) is 51.1 Å². The minimum Gasteiger partial charge on any atom is -0.494 e. The fourth-order valence-electron chi connectivity index (χ4n) is 3.56. The molecule has 0 atom stereocenters. The van der Waals surface area contributed by atoms with Crippen LogP contribution in [0, 0.1) is 0 Å². The van der Waals surface area contributed by atoms with Gasteiger partial charge in [0.2, 0.25) is 0 Å². The molecule has 0 saturated heterocycles. The summed E-state index contributed by atoms with van der Waals surface area (Å²) in [6.45, 7) is 11.8. The van der Waals surface area contributed by atoms with Gasteiger partial charge in [0.15, 0.2) is 0 Å². The van der Waals surface area contributed by atoms with Crippen LogP contribution in [0.3, 0.4) is 0 Å². The van der Waals surface area contributed by atoms with Gasteiger partial charge in [0.25, 0.3) is 0 Å². The van der Waals surface area contributed by atoms with Gasteiger partial charge in [-0.05, 0) is 73.7 Å². The Morgan fingerprint density at radius 1 is 0.667 bits per heavy atom. The fourth-order valence-corrected chi connectivity index (χ4v) is 3.56. The molecule has 156 valence electrons. The summed E-state index contributed by atoms with van der Waals surface area (Å²) in [6.07, 6.45) is 2.67. The first kappa shape index (κ1) is 21.5. The van der Waals surface area contributed by atoms with Crippen LogP contribution in [0.4, 0.5) is 0 Å². The van der Waals surface area contributed by atoms with Crippen molar-refractivity contribution in [2.75, 3.05) is 19.8 Å². The Kier molecular flexibility index (Phi) is 7.56. The van der Waals surface area contributed by atoms with Crippen LogP contribution in [0.2, 0.25) is 0 Å². The number of hydrogen-bond donors (Lipinski definition) is 0. The van der Waals surface area contributed by atoms with E-state index in [1.165, 1.54) is 0 Å². The zero-order chi connectivity index (χ0) is 21.3. The Balaban J connectivity index is 2.17. The molecular weight excluding hydrogens is 372 g/mol. The zero-order valence-electron chi connectivity index (χ0n) is 18.1. The maximum Gasteiger partial charge on any atom is 0.131 e. The largest absolute Gasteiger partial charge is 0.494 e. The van der Waals surface area contributed by atoms with Crippen LogP contribution in [-0.4, -0.2) is 19.8 Å². The van der Waals surface area contributed by atoms with E-state index in [0.29, 0.717) is 19.8 Å². The minimum absolute atomic E-state index is 0.598. The van der Waals surface area contributed by atoms with Gasteiger partial charge in [-0.3, -0.25) is 0 Å². The maximum absolute atomic E-state index is 6.17. The van der Waals surface area contributed by atoms with E-state index in [4.69, 9.17) is 14.2 Å². The molecule has 3 aromatic rings. The lowest BCUT2D eigenvalue weighted by atomic mass is 9.90. The molecule has 0 bridgehead atoms. The monoisotopic (exact) mass is 402 g/mol. The molecule has 0 spiro atoms. The summed E-state index contributed by atoms with van der Waals surface area (Å²) in [7, 11) is 0. The summed E-state index contributed by atoms with van der Waals surface area (Å²) >= 11 is 0.